The number of aliphatic hydroxyl groups excluding tert-OH is 1. The third-order valence-corrected chi connectivity index (χ3v) is 4.43. The minimum Gasteiger partial charge on any atom is -0.481 e. The maximum Gasteiger partial charge on any atom is 0.310 e. The molecule has 3 aliphatic rings. The molecule has 2 aliphatic carbocycles. The molecule has 0 spiro atoms. The molecule has 92 valence electrons. The Morgan fingerprint density at radius 3 is 2.59 bits per heavy atom. The van der Waals surface area contributed by atoms with Gasteiger partial charge in [-0.3, -0.25) is 14.4 Å². The number of hydrogen-bond acceptors (Lipinski definition) is 5. The van der Waals surface area contributed by atoms with E-state index in [4.69, 9.17) is 14.9 Å². The highest BCUT2D eigenvalue weighted by atomic mass is 16.6. The van der Waals surface area contributed by atoms with E-state index in [1.807, 2.05) is 0 Å². The summed E-state index contributed by atoms with van der Waals surface area (Å²) < 4.78 is 5.12. The highest BCUT2D eigenvalue weighted by Gasteiger charge is 2.69. The molecule has 2 N–H and O–H groups in total. The van der Waals surface area contributed by atoms with Gasteiger partial charge in [0.25, 0.3) is 0 Å². The van der Waals surface area contributed by atoms with Gasteiger partial charge in [0.1, 0.15) is 12.7 Å². The van der Waals surface area contributed by atoms with E-state index in [0.29, 0.717) is 6.42 Å². The highest BCUT2D eigenvalue weighted by Crippen LogP contribution is 2.60. The van der Waals surface area contributed by atoms with E-state index in [1.54, 1.807) is 0 Å². The standard InChI is InChI=1S/C11H12O6/c12-2-5(13)6-3-1-4-8(7(3)10(14)15)11(16)17-9(4)6/h3-4,6-9,12H,1-2H2,(H,14,15). The van der Waals surface area contributed by atoms with Gasteiger partial charge in [0.2, 0.25) is 0 Å². The first kappa shape index (κ1) is 10.7. The van der Waals surface area contributed by atoms with Gasteiger partial charge in [0.05, 0.1) is 17.8 Å². The molecule has 3 rings (SSSR count). The van der Waals surface area contributed by atoms with Crippen LogP contribution in [0.2, 0.25) is 0 Å². The Morgan fingerprint density at radius 1 is 1.29 bits per heavy atom. The van der Waals surface area contributed by atoms with Crippen LogP contribution in [-0.2, 0) is 19.1 Å². The van der Waals surface area contributed by atoms with Gasteiger partial charge in [-0.1, -0.05) is 0 Å². The molecule has 3 fully saturated rings. The van der Waals surface area contributed by atoms with Gasteiger partial charge in [-0.25, -0.2) is 0 Å². The first-order chi connectivity index (χ1) is 8.06. The fourth-order valence-corrected chi connectivity index (χ4v) is 3.92. The Kier molecular flexibility index (Phi) is 2.07. The first-order valence-electron chi connectivity index (χ1n) is 5.63. The molecule has 1 aliphatic heterocycles. The van der Waals surface area contributed by atoms with E-state index in [-0.39, 0.29) is 11.8 Å². The van der Waals surface area contributed by atoms with E-state index in [1.165, 1.54) is 0 Å². The average molecular weight is 240 g/mol. The second-order valence-corrected chi connectivity index (χ2v) is 5.00. The molecule has 2 saturated carbocycles. The Bertz CT molecular complexity index is 416. The van der Waals surface area contributed by atoms with Gasteiger partial charge >= 0.3 is 11.9 Å². The Hall–Kier alpha value is -1.43. The molecule has 1 saturated heterocycles. The number of carboxylic acids is 1. The monoisotopic (exact) mass is 240 g/mol. The largest absolute Gasteiger partial charge is 0.481 e. The number of esters is 1. The minimum atomic E-state index is -1.05. The molecule has 6 atom stereocenters. The molecule has 6 unspecified atom stereocenters. The first-order valence-corrected chi connectivity index (χ1v) is 5.63. The number of aliphatic hydroxyl groups is 1. The van der Waals surface area contributed by atoms with E-state index >= 15 is 0 Å². The van der Waals surface area contributed by atoms with Crippen molar-refractivity contribution >= 4 is 17.7 Å². The number of carbonyl (C=O) groups is 3. The molecule has 0 radical (unpaired) electrons. The number of rotatable bonds is 3. The third kappa shape index (κ3) is 1.16. The molecule has 1 heterocycles. The molecular weight excluding hydrogens is 228 g/mol. The second-order valence-electron chi connectivity index (χ2n) is 5.00. The Morgan fingerprint density at radius 2 is 2.00 bits per heavy atom. The zero-order valence-corrected chi connectivity index (χ0v) is 8.91. The van der Waals surface area contributed by atoms with Crippen molar-refractivity contribution in [2.45, 2.75) is 12.5 Å². The zero-order valence-electron chi connectivity index (χ0n) is 8.91. The number of ketones is 1. The minimum absolute atomic E-state index is 0.158. The summed E-state index contributed by atoms with van der Waals surface area (Å²) in [4.78, 5) is 34.4. The number of Topliss-reactive ketones (excluding diaryl/α,β-unsaturated/α-hetero) is 1. The molecule has 0 aromatic carbocycles. The molecule has 17 heavy (non-hydrogen) atoms. The summed E-state index contributed by atoms with van der Waals surface area (Å²) >= 11 is 0. The fourth-order valence-electron chi connectivity index (χ4n) is 3.92. The lowest BCUT2D eigenvalue weighted by atomic mass is 9.73. The van der Waals surface area contributed by atoms with Gasteiger partial charge in [0.15, 0.2) is 5.78 Å². The van der Waals surface area contributed by atoms with Crippen molar-refractivity contribution in [2.75, 3.05) is 6.61 Å². The smallest absolute Gasteiger partial charge is 0.310 e. The maximum atomic E-state index is 11.6. The van der Waals surface area contributed by atoms with Crippen molar-refractivity contribution in [1.29, 1.82) is 0 Å². The van der Waals surface area contributed by atoms with Crippen LogP contribution in [0.15, 0.2) is 0 Å². The van der Waals surface area contributed by atoms with Crippen LogP contribution >= 0.6 is 0 Å². The summed E-state index contributed by atoms with van der Waals surface area (Å²) in [5.74, 6) is -4.53. The molecular formula is C11H12O6. The van der Waals surface area contributed by atoms with Crippen molar-refractivity contribution in [3.05, 3.63) is 0 Å². The summed E-state index contributed by atoms with van der Waals surface area (Å²) in [5, 5.41) is 18.1. The van der Waals surface area contributed by atoms with Crippen molar-refractivity contribution < 1.29 is 29.3 Å². The van der Waals surface area contributed by atoms with E-state index in [2.05, 4.69) is 0 Å². The lowest BCUT2D eigenvalue weighted by molar-refractivity contribution is -0.151. The lowest BCUT2D eigenvalue weighted by Gasteiger charge is -2.27. The van der Waals surface area contributed by atoms with Crippen LogP contribution in [0.3, 0.4) is 0 Å². The van der Waals surface area contributed by atoms with Crippen molar-refractivity contribution in [3.8, 4) is 0 Å². The fraction of sp³-hybridized carbons (Fsp3) is 0.727. The van der Waals surface area contributed by atoms with Crippen molar-refractivity contribution in [1.82, 2.24) is 0 Å². The summed E-state index contributed by atoms with van der Waals surface area (Å²) in [5.41, 5.74) is 0. The Balaban J connectivity index is 2.00. The molecule has 0 aromatic rings. The summed E-state index contributed by atoms with van der Waals surface area (Å²) in [6.07, 6.45) is 0.0294. The third-order valence-electron chi connectivity index (χ3n) is 4.43. The molecule has 0 aromatic heterocycles. The summed E-state index contributed by atoms with van der Waals surface area (Å²) in [7, 11) is 0. The topological polar surface area (TPSA) is 101 Å². The number of carboxylic acid groups (broad SMARTS) is 1. The normalized spacial score (nSPS) is 46.1. The van der Waals surface area contributed by atoms with E-state index in [9.17, 15) is 14.4 Å². The summed E-state index contributed by atoms with van der Waals surface area (Å²) in [6, 6.07) is 0. The van der Waals surface area contributed by atoms with Crippen LogP contribution < -0.4 is 0 Å². The Labute approximate surface area is 96.6 Å². The van der Waals surface area contributed by atoms with Crippen LogP contribution in [0.25, 0.3) is 0 Å². The molecule has 6 nitrogen and oxygen atoms in total. The van der Waals surface area contributed by atoms with Crippen LogP contribution in [-0.4, -0.2) is 40.6 Å². The predicted molar refractivity (Wildman–Crippen MR) is 51.7 cm³/mol. The number of carbonyl (C=O) groups excluding carboxylic acids is 2. The average Bonchev–Trinajstić information content (AvgIpc) is 2.86. The van der Waals surface area contributed by atoms with Crippen LogP contribution in [0.4, 0.5) is 0 Å². The highest BCUT2D eigenvalue weighted by molar-refractivity contribution is 5.90. The van der Waals surface area contributed by atoms with Crippen LogP contribution in [0.5, 0.6) is 0 Å². The molecule has 0 amide bonds. The number of aliphatic carboxylic acids is 1. The van der Waals surface area contributed by atoms with Gasteiger partial charge in [-0.2, -0.15) is 0 Å². The zero-order chi connectivity index (χ0) is 12.3. The lowest BCUT2D eigenvalue weighted by Crippen LogP contribution is -2.41. The summed E-state index contributed by atoms with van der Waals surface area (Å²) in [6.45, 7) is -0.626. The quantitative estimate of drug-likeness (QED) is 0.617. The number of ether oxygens (including phenoxy) is 1. The van der Waals surface area contributed by atoms with Gasteiger partial charge in [0, 0.05) is 5.92 Å². The van der Waals surface area contributed by atoms with E-state index < -0.39 is 48.2 Å². The van der Waals surface area contributed by atoms with Crippen molar-refractivity contribution in [3.63, 3.8) is 0 Å². The number of fused-ring (bicyclic) bond motifs is 1. The van der Waals surface area contributed by atoms with Crippen LogP contribution in [0.1, 0.15) is 6.42 Å². The number of hydrogen-bond donors (Lipinski definition) is 2. The second kappa shape index (κ2) is 3.29. The molecule has 2 bridgehead atoms. The van der Waals surface area contributed by atoms with Crippen LogP contribution in [0, 0.1) is 29.6 Å². The predicted octanol–water partition coefficient (Wildman–Crippen LogP) is -0.944. The van der Waals surface area contributed by atoms with E-state index in [0.717, 1.165) is 0 Å². The van der Waals surface area contributed by atoms with Gasteiger partial charge < -0.3 is 14.9 Å². The van der Waals surface area contributed by atoms with Gasteiger partial charge in [-0.05, 0) is 12.3 Å². The molecule has 6 heteroatoms. The van der Waals surface area contributed by atoms with Crippen molar-refractivity contribution in [2.24, 2.45) is 29.6 Å². The SMILES string of the molecule is O=C(CO)C1C2CC3C1OC(=O)C3C2C(=O)O. The van der Waals surface area contributed by atoms with Gasteiger partial charge in [-0.15, -0.1) is 0 Å². The maximum absolute atomic E-state index is 11.6.